The van der Waals surface area contributed by atoms with Crippen molar-refractivity contribution < 1.29 is 18.0 Å². The van der Waals surface area contributed by atoms with E-state index in [1.54, 1.807) is 41.3 Å². The lowest BCUT2D eigenvalue weighted by atomic mass is 10.0. The normalized spacial score (nSPS) is 16.0. The Morgan fingerprint density at radius 3 is 2.13 bits per heavy atom. The summed E-state index contributed by atoms with van der Waals surface area (Å²) in [5, 5.41) is 3.11. The third-order valence-corrected chi connectivity index (χ3v) is 7.76. The quantitative estimate of drug-likeness (QED) is 0.655. The van der Waals surface area contributed by atoms with Gasteiger partial charge in [0.05, 0.1) is 17.5 Å². The second kappa shape index (κ2) is 9.86. The summed E-state index contributed by atoms with van der Waals surface area (Å²) in [6.07, 6.45) is -0.0517. The first kappa shape index (κ1) is 23.3. The molecule has 0 aromatic heterocycles. The first-order valence-electron chi connectivity index (χ1n) is 9.53. The van der Waals surface area contributed by atoms with Gasteiger partial charge in [-0.1, -0.05) is 53.5 Å². The molecule has 31 heavy (non-hydrogen) atoms. The van der Waals surface area contributed by atoms with Crippen molar-refractivity contribution in [3.63, 3.8) is 0 Å². The zero-order valence-corrected chi connectivity index (χ0v) is 18.8. The van der Waals surface area contributed by atoms with Gasteiger partial charge in [-0.25, -0.2) is 13.2 Å². The summed E-state index contributed by atoms with van der Waals surface area (Å²) in [7, 11) is -3.76. The van der Waals surface area contributed by atoms with Crippen LogP contribution in [0.4, 0.5) is 4.79 Å². The Labute approximate surface area is 191 Å². The van der Waals surface area contributed by atoms with Crippen LogP contribution in [0.5, 0.6) is 0 Å². The number of halogens is 2. The van der Waals surface area contributed by atoms with Crippen molar-refractivity contribution in [3.8, 4) is 0 Å². The van der Waals surface area contributed by atoms with E-state index in [0.29, 0.717) is 10.6 Å². The van der Waals surface area contributed by atoms with Crippen molar-refractivity contribution in [2.75, 3.05) is 26.2 Å². The Bertz CT molecular complexity index is 1070. The van der Waals surface area contributed by atoms with Gasteiger partial charge in [-0.2, -0.15) is 4.31 Å². The van der Waals surface area contributed by atoms with Crippen molar-refractivity contribution in [3.05, 3.63) is 64.1 Å². The number of urea groups is 1. The van der Waals surface area contributed by atoms with E-state index in [1.807, 2.05) is 0 Å². The Balaban J connectivity index is 1.67. The predicted molar refractivity (Wildman–Crippen MR) is 118 cm³/mol. The fourth-order valence-electron chi connectivity index (χ4n) is 3.44. The Morgan fingerprint density at radius 1 is 0.968 bits per heavy atom. The molecule has 3 N–H and O–H groups in total. The maximum absolute atomic E-state index is 12.9. The number of sulfonamides is 1. The van der Waals surface area contributed by atoms with Crippen molar-refractivity contribution in [1.29, 1.82) is 0 Å². The van der Waals surface area contributed by atoms with E-state index in [9.17, 15) is 18.0 Å². The van der Waals surface area contributed by atoms with E-state index >= 15 is 0 Å². The van der Waals surface area contributed by atoms with Gasteiger partial charge in [0.2, 0.25) is 15.9 Å². The average Bonchev–Trinajstić information content (AvgIpc) is 2.73. The van der Waals surface area contributed by atoms with E-state index in [1.165, 1.54) is 16.4 Å². The lowest BCUT2D eigenvalue weighted by Gasteiger charge is -2.35. The van der Waals surface area contributed by atoms with Gasteiger partial charge in [0.15, 0.2) is 0 Å². The van der Waals surface area contributed by atoms with Gasteiger partial charge >= 0.3 is 6.03 Å². The van der Waals surface area contributed by atoms with Crippen LogP contribution >= 0.6 is 23.2 Å². The molecule has 1 aliphatic rings. The average molecular weight is 485 g/mol. The lowest BCUT2D eigenvalue weighted by molar-refractivity contribution is -0.132. The molecule has 1 unspecified atom stereocenters. The van der Waals surface area contributed by atoms with Crippen molar-refractivity contribution in [2.24, 2.45) is 5.73 Å². The molecule has 1 atom stereocenters. The molecule has 1 saturated heterocycles. The number of piperazine rings is 1. The summed E-state index contributed by atoms with van der Waals surface area (Å²) < 4.78 is 27.0. The number of hydrogen-bond acceptors (Lipinski definition) is 4. The molecule has 11 heteroatoms. The van der Waals surface area contributed by atoms with Gasteiger partial charge in [0, 0.05) is 31.2 Å². The molecule has 1 heterocycles. The Morgan fingerprint density at radius 2 is 1.55 bits per heavy atom. The monoisotopic (exact) mass is 484 g/mol. The molecule has 2 aromatic rings. The number of carbonyl (C=O) groups is 2. The molecule has 166 valence electrons. The highest BCUT2D eigenvalue weighted by atomic mass is 35.5. The smallest absolute Gasteiger partial charge is 0.312 e. The second-order valence-electron chi connectivity index (χ2n) is 7.00. The van der Waals surface area contributed by atoms with Crippen LogP contribution in [0.2, 0.25) is 10.0 Å². The number of primary amides is 1. The highest BCUT2D eigenvalue weighted by Gasteiger charge is 2.32. The van der Waals surface area contributed by atoms with E-state index < -0.39 is 22.1 Å². The summed E-state index contributed by atoms with van der Waals surface area (Å²) in [5.41, 5.74) is 5.85. The van der Waals surface area contributed by atoms with Crippen LogP contribution in [-0.2, 0) is 14.8 Å². The van der Waals surface area contributed by atoms with Gasteiger partial charge in [0.1, 0.15) is 4.90 Å². The number of hydrogen-bond donors (Lipinski definition) is 2. The van der Waals surface area contributed by atoms with Crippen LogP contribution in [0.25, 0.3) is 0 Å². The summed E-state index contributed by atoms with van der Waals surface area (Å²) in [5.74, 6) is -0.242. The minimum Gasteiger partial charge on any atom is -0.352 e. The second-order valence-corrected chi connectivity index (χ2v) is 9.72. The van der Waals surface area contributed by atoms with E-state index in [0.717, 1.165) is 0 Å². The van der Waals surface area contributed by atoms with E-state index in [-0.39, 0.29) is 48.4 Å². The molecule has 3 amide bonds. The third-order valence-electron chi connectivity index (χ3n) is 5.02. The van der Waals surface area contributed by atoms with Gasteiger partial charge in [-0.15, -0.1) is 0 Å². The molecule has 0 spiro atoms. The lowest BCUT2D eigenvalue weighted by Crippen LogP contribution is -2.51. The molecule has 0 aliphatic carbocycles. The maximum atomic E-state index is 12.9. The fourth-order valence-corrected chi connectivity index (χ4v) is 5.63. The fraction of sp³-hybridized carbons (Fsp3) is 0.300. The van der Waals surface area contributed by atoms with Crippen LogP contribution in [-0.4, -0.2) is 55.7 Å². The standard InChI is InChI=1S/C20H22Cl2N4O4S/c21-15-6-2-1-5-14(15)17(24-20(23)28)13-19(27)25-9-11-26(12-10-25)31(29,30)18-8-4-3-7-16(18)22/h1-8,17H,9-13H2,(H3,23,24,28). The highest BCUT2D eigenvalue weighted by molar-refractivity contribution is 7.89. The number of nitrogens with zero attached hydrogens (tertiary/aromatic N) is 2. The van der Waals surface area contributed by atoms with Crippen molar-refractivity contribution in [2.45, 2.75) is 17.4 Å². The van der Waals surface area contributed by atoms with Crippen LogP contribution in [0.3, 0.4) is 0 Å². The third kappa shape index (κ3) is 5.48. The maximum Gasteiger partial charge on any atom is 0.312 e. The SMILES string of the molecule is NC(=O)NC(CC(=O)N1CCN(S(=O)(=O)c2ccccc2Cl)CC1)c1ccccc1Cl. The number of benzene rings is 2. The van der Waals surface area contributed by atoms with Crippen molar-refractivity contribution in [1.82, 2.24) is 14.5 Å². The number of amides is 3. The first-order valence-corrected chi connectivity index (χ1v) is 11.7. The van der Waals surface area contributed by atoms with Crippen LogP contribution < -0.4 is 11.1 Å². The number of carbonyl (C=O) groups excluding carboxylic acids is 2. The molecule has 3 rings (SSSR count). The minimum absolute atomic E-state index is 0.0425. The topological polar surface area (TPSA) is 113 Å². The van der Waals surface area contributed by atoms with Gasteiger partial charge < -0.3 is 16.0 Å². The zero-order chi connectivity index (χ0) is 22.6. The minimum atomic E-state index is -3.76. The molecule has 2 aromatic carbocycles. The highest BCUT2D eigenvalue weighted by Crippen LogP contribution is 2.27. The molecular formula is C20H22Cl2N4O4S. The molecule has 1 fully saturated rings. The van der Waals surface area contributed by atoms with E-state index in [2.05, 4.69) is 5.32 Å². The molecule has 0 radical (unpaired) electrons. The Kier molecular flexibility index (Phi) is 7.42. The van der Waals surface area contributed by atoms with Crippen LogP contribution in [0.15, 0.2) is 53.4 Å². The zero-order valence-electron chi connectivity index (χ0n) is 16.5. The summed E-state index contributed by atoms with van der Waals surface area (Å²) >= 11 is 12.3. The van der Waals surface area contributed by atoms with Gasteiger partial charge in [-0.05, 0) is 23.8 Å². The summed E-state index contributed by atoms with van der Waals surface area (Å²) in [6.45, 7) is 0.710. The number of nitrogens with one attached hydrogen (secondary N) is 1. The first-order chi connectivity index (χ1) is 14.7. The molecule has 1 aliphatic heterocycles. The number of rotatable bonds is 6. The van der Waals surface area contributed by atoms with Gasteiger partial charge in [0.25, 0.3) is 0 Å². The predicted octanol–water partition coefficient (Wildman–Crippen LogP) is 2.63. The van der Waals surface area contributed by atoms with Crippen molar-refractivity contribution >= 4 is 45.2 Å². The summed E-state index contributed by atoms with van der Waals surface area (Å²) in [4.78, 5) is 25.9. The largest absolute Gasteiger partial charge is 0.352 e. The summed E-state index contributed by atoms with van der Waals surface area (Å²) in [6, 6.07) is 11.7. The van der Waals surface area contributed by atoms with Crippen LogP contribution in [0.1, 0.15) is 18.0 Å². The molecular weight excluding hydrogens is 463 g/mol. The van der Waals surface area contributed by atoms with E-state index in [4.69, 9.17) is 28.9 Å². The molecule has 0 saturated carbocycles. The Hall–Kier alpha value is -2.33. The van der Waals surface area contributed by atoms with Gasteiger partial charge in [-0.3, -0.25) is 4.79 Å². The van der Waals surface area contributed by atoms with Crippen LogP contribution in [0, 0.1) is 0 Å². The number of nitrogens with two attached hydrogens (primary N) is 1. The molecule has 8 nitrogen and oxygen atoms in total. The molecule has 0 bridgehead atoms.